The number of halogens is 2. The van der Waals surface area contributed by atoms with Crippen molar-refractivity contribution >= 4 is 21.7 Å². The topological polar surface area (TPSA) is 25.8 Å². The minimum atomic E-state index is -0.339. The van der Waals surface area contributed by atoms with E-state index in [-0.39, 0.29) is 11.6 Å². The Hall–Kier alpha value is -4.22. The van der Waals surface area contributed by atoms with Gasteiger partial charge in [0.2, 0.25) is 0 Å². The summed E-state index contributed by atoms with van der Waals surface area (Å²) >= 11 is 1.18. The standard InChI is InChI=1S/C31H20F2N2S/c1-19-7-9-21(10-8-19)23-11-13-24(28(32)18-23)26-15-16-27(31-30(26)34-35-36-31)25-14-12-22(17-29(25)33)20-5-3-2-4-6-20/h2-18H,1H3. The largest absolute Gasteiger partial charge is 0.206 e. The number of rotatable bonds is 4. The van der Waals surface area contributed by atoms with Gasteiger partial charge in [-0.15, -0.1) is 5.10 Å². The van der Waals surface area contributed by atoms with E-state index in [4.69, 9.17) is 0 Å². The van der Waals surface area contributed by atoms with Crippen molar-refractivity contribution in [1.29, 1.82) is 0 Å². The Balaban J connectivity index is 1.41. The minimum Gasteiger partial charge on any atom is -0.206 e. The SMILES string of the molecule is Cc1ccc(-c2ccc(-c3ccc(-c4ccc(-c5ccccc5)cc4F)c4snnc34)c(F)c2)cc1. The summed E-state index contributed by atoms with van der Waals surface area (Å²) in [5.41, 5.74) is 7.47. The number of nitrogens with zero attached hydrogens (tertiary/aromatic N) is 2. The van der Waals surface area contributed by atoms with Gasteiger partial charge >= 0.3 is 0 Å². The smallest absolute Gasteiger partial charge is 0.131 e. The second-order valence-electron chi connectivity index (χ2n) is 8.73. The Labute approximate surface area is 211 Å². The molecule has 1 aromatic heterocycles. The van der Waals surface area contributed by atoms with Gasteiger partial charge in [0.15, 0.2) is 0 Å². The van der Waals surface area contributed by atoms with Crippen LogP contribution in [0.2, 0.25) is 0 Å². The molecule has 6 rings (SSSR count). The van der Waals surface area contributed by atoms with Gasteiger partial charge in [0.1, 0.15) is 17.2 Å². The fourth-order valence-corrected chi connectivity index (χ4v) is 5.21. The molecule has 0 N–H and O–H groups in total. The summed E-state index contributed by atoms with van der Waals surface area (Å²) in [4.78, 5) is 0. The van der Waals surface area contributed by atoms with E-state index in [0.717, 1.165) is 32.5 Å². The van der Waals surface area contributed by atoms with Gasteiger partial charge in [0.25, 0.3) is 0 Å². The van der Waals surface area contributed by atoms with Crippen molar-refractivity contribution in [2.45, 2.75) is 6.92 Å². The van der Waals surface area contributed by atoms with Crippen molar-refractivity contribution < 1.29 is 8.78 Å². The fraction of sp³-hybridized carbons (Fsp3) is 0.0323. The highest BCUT2D eigenvalue weighted by Crippen LogP contribution is 2.39. The van der Waals surface area contributed by atoms with Gasteiger partial charge < -0.3 is 0 Å². The molecule has 0 unspecified atom stereocenters. The molecule has 2 nitrogen and oxygen atoms in total. The highest BCUT2D eigenvalue weighted by Gasteiger charge is 2.18. The third-order valence-corrected chi connectivity index (χ3v) is 7.17. The van der Waals surface area contributed by atoms with Crippen LogP contribution in [-0.4, -0.2) is 9.59 Å². The Kier molecular flexibility index (Phi) is 5.62. The third kappa shape index (κ3) is 3.97. The maximum absolute atomic E-state index is 15.3. The molecular weight excluding hydrogens is 470 g/mol. The van der Waals surface area contributed by atoms with Gasteiger partial charge in [-0.1, -0.05) is 101 Å². The first kappa shape index (κ1) is 22.3. The van der Waals surface area contributed by atoms with Crippen molar-refractivity contribution in [3.63, 3.8) is 0 Å². The van der Waals surface area contributed by atoms with Gasteiger partial charge in [-0.05, 0) is 52.8 Å². The Morgan fingerprint density at radius 1 is 0.556 bits per heavy atom. The summed E-state index contributed by atoms with van der Waals surface area (Å²) < 4.78 is 35.4. The summed E-state index contributed by atoms with van der Waals surface area (Å²) in [5, 5.41) is 4.29. The third-order valence-electron chi connectivity index (χ3n) is 6.41. The van der Waals surface area contributed by atoms with Gasteiger partial charge in [-0.2, -0.15) is 0 Å². The summed E-state index contributed by atoms with van der Waals surface area (Å²) in [7, 11) is 0. The zero-order chi connectivity index (χ0) is 24.6. The molecule has 36 heavy (non-hydrogen) atoms. The van der Waals surface area contributed by atoms with E-state index in [2.05, 4.69) is 9.59 Å². The van der Waals surface area contributed by atoms with Crippen LogP contribution in [0.4, 0.5) is 8.78 Å². The first-order valence-corrected chi connectivity index (χ1v) is 12.3. The lowest BCUT2D eigenvalue weighted by atomic mass is 9.95. The average molecular weight is 491 g/mol. The van der Waals surface area contributed by atoms with Gasteiger partial charge in [-0.3, -0.25) is 0 Å². The van der Waals surface area contributed by atoms with Crippen molar-refractivity contribution in [3.05, 3.63) is 120 Å². The zero-order valence-corrected chi connectivity index (χ0v) is 20.2. The zero-order valence-electron chi connectivity index (χ0n) is 19.4. The van der Waals surface area contributed by atoms with Crippen LogP contribution in [0.25, 0.3) is 54.7 Å². The predicted octanol–water partition coefficient (Wildman–Crippen LogP) is 8.95. The van der Waals surface area contributed by atoms with Crippen molar-refractivity contribution in [3.8, 4) is 44.5 Å². The van der Waals surface area contributed by atoms with Crippen LogP contribution in [0.1, 0.15) is 5.56 Å². The molecule has 0 atom stereocenters. The lowest BCUT2D eigenvalue weighted by molar-refractivity contribution is 0.631. The van der Waals surface area contributed by atoms with Gasteiger partial charge in [0.05, 0.1) is 4.70 Å². The van der Waals surface area contributed by atoms with Crippen molar-refractivity contribution in [2.75, 3.05) is 0 Å². The molecule has 174 valence electrons. The molecule has 5 heteroatoms. The van der Waals surface area contributed by atoms with Crippen LogP contribution in [0.15, 0.2) is 103 Å². The summed E-state index contributed by atoms with van der Waals surface area (Å²) in [6.07, 6.45) is 0. The Bertz CT molecular complexity index is 1710. The number of fused-ring (bicyclic) bond motifs is 1. The van der Waals surface area contributed by atoms with E-state index < -0.39 is 0 Å². The molecule has 0 radical (unpaired) electrons. The number of aromatic nitrogens is 2. The maximum atomic E-state index is 15.3. The monoisotopic (exact) mass is 490 g/mol. The van der Waals surface area contributed by atoms with Crippen LogP contribution in [-0.2, 0) is 0 Å². The molecule has 0 aliphatic carbocycles. The highest BCUT2D eigenvalue weighted by atomic mass is 32.1. The van der Waals surface area contributed by atoms with Crippen molar-refractivity contribution in [1.82, 2.24) is 9.59 Å². The Morgan fingerprint density at radius 2 is 1.08 bits per heavy atom. The normalized spacial score (nSPS) is 11.2. The number of hydrogen-bond donors (Lipinski definition) is 0. The lowest BCUT2D eigenvalue weighted by Gasteiger charge is -2.11. The molecule has 1 heterocycles. The molecule has 0 aliphatic rings. The van der Waals surface area contributed by atoms with E-state index in [1.807, 2.05) is 79.7 Å². The maximum Gasteiger partial charge on any atom is 0.131 e. The van der Waals surface area contributed by atoms with Crippen LogP contribution in [0.3, 0.4) is 0 Å². The summed E-state index contributed by atoms with van der Waals surface area (Å²) in [6, 6.07) is 31.8. The molecule has 0 aliphatic heterocycles. The van der Waals surface area contributed by atoms with Crippen molar-refractivity contribution in [2.24, 2.45) is 0 Å². The molecule has 5 aromatic carbocycles. The number of hydrogen-bond acceptors (Lipinski definition) is 3. The van der Waals surface area contributed by atoms with E-state index in [0.29, 0.717) is 27.8 Å². The van der Waals surface area contributed by atoms with E-state index >= 15 is 8.78 Å². The lowest BCUT2D eigenvalue weighted by Crippen LogP contribution is -1.91. The van der Waals surface area contributed by atoms with Crippen LogP contribution in [0.5, 0.6) is 0 Å². The second-order valence-corrected chi connectivity index (χ2v) is 9.49. The van der Waals surface area contributed by atoms with Crippen LogP contribution in [0, 0.1) is 18.6 Å². The number of benzene rings is 5. The fourth-order valence-electron chi connectivity index (χ4n) is 4.50. The minimum absolute atomic E-state index is 0.326. The first-order chi connectivity index (χ1) is 17.6. The molecule has 0 saturated carbocycles. The molecule has 0 fully saturated rings. The molecule has 0 saturated heterocycles. The molecule has 0 spiro atoms. The molecule has 6 aromatic rings. The van der Waals surface area contributed by atoms with Crippen LogP contribution >= 0.6 is 11.5 Å². The van der Waals surface area contributed by atoms with Gasteiger partial charge in [-0.25, -0.2) is 8.78 Å². The first-order valence-electron chi connectivity index (χ1n) is 11.6. The molecular formula is C31H20F2N2S. The quantitative estimate of drug-likeness (QED) is 0.246. The predicted molar refractivity (Wildman–Crippen MR) is 144 cm³/mol. The summed E-state index contributed by atoms with van der Waals surface area (Å²) in [6.45, 7) is 2.02. The van der Waals surface area contributed by atoms with Gasteiger partial charge in [0, 0.05) is 22.3 Å². The highest BCUT2D eigenvalue weighted by molar-refractivity contribution is 7.13. The van der Waals surface area contributed by atoms with Crippen LogP contribution < -0.4 is 0 Å². The Morgan fingerprint density at radius 3 is 1.72 bits per heavy atom. The van der Waals surface area contributed by atoms with E-state index in [9.17, 15) is 0 Å². The van der Waals surface area contributed by atoms with E-state index in [1.54, 1.807) is 30.3 Å². The number of aryl methyl sites for hydroxylation is 1. The summed E-state index contributed by atoms with van der Waals surface area (Å²) in [5.74, 6) is -0.666. The molecule has 0 bridgehead atoms. The van der Waals surface area contributed by atoms with E-state index in [1.165, 1.54) is 11.5 Å². The average Bonchev–Trinajstić information content (AvgIpc) is 3.40. The molecule has 0 amide bonds. The second kappa shape index (κ2) is 9.10.